The lowest BCUT2D eigenvalue weighted by Crippen LogP contribution is -2.59. The van der Waals surface area contributed by atoms with Gasteiger partial charge in [-0.2, -0.15) is 0 Å². The number of phosphoric ester groups is 1. The highest BCUT2D eigenvalue weighted by Crippen LogP contribution is 2.45. The first-order valence-electron chi connectivity index (χ1n) is 8.49. The van der Waals surface area contributed by atoms with Crippen molar-refractivity contribution >= 4 is 13.6 Å². The van der Waals surface area contributed by atoms with Gasteiger partial charge in [0.25, 0.3) is 0 Å². The van der Waals surface area contributed by atoms with Crippen LogP contribution >= 0.6 is 7.82 Å². The number of carbonyl (C=O) groups excluding carboxylic acids is 1. The fraction of sp³-hybridized carbons (Fsp3) is 0.933. The fourth-order valence-electron chi connectivity index (χ4n) is 2.71. The van der Waals surface area contributed by atoms with E-state index in [4.69, 9.17) is 15.4 Å². The minimum Gasteiger partial charge on any atom is -0.393 e. The van der Waals surface area contributed by atoms with Crippen molar-refractivity contribution in [2.24, 2.45) is 5.73 Å². The van der Waals surface area contributed by atoms with Crippen LogP contribution in [0.25, 0.3) is 0 Å². The van der Waals surface area contributed by atoms with Gasteiger partial charge in [0.05, 0.1) is 6.61 Å². The number of carbonyl (C=O) groups is 1. The number of rotatable bonds is 14. The molecule has 0 aliphatic carbocycles. The molecule has 24 heavy (non-hydrogen) atoms. The van der Waals surface area contributed by atoms with Gasteiger partial charge in [-0.15, -0.1) is 0 Å². The summed E-state index contributed by atoms with van der Waals surface area (Å²) in [6, 6.07) is -0.984. The number of nitrogens with two attached hydrogens (primary N) is 1. The van der Waals surface area contributed by atoms with E-state index in [0.29, 0.717) is 19.3 Å². The smallest absolute Gasteiger partial charge is 0.393 e. The molecule has 144 valence electrons. The molecule has 8 nitrogen and oxygen atoms in total. The molecule has 0 saturated carbocycles. The number of Topliss-reactive ketones (excluding diaryl/α,β-unsaturated/α-hetero) is 1. The molecule has 0 aromatic rings. The highest BCUT2D eigenvalue weighted by atomic mass is 31.2. The number of phosphoric acid groups is 1. The molecule has 0 spiro atoms. The first kappa shape index (κ1) is 23.7. The number of hydrogen-bond donors (Lipinski definition) is 5. The Labute approximate surface area is 143 Å². The predicted molar refractivity (Wildman–Crippen MR) is 90.2 cm³/mol. The lowest BCUT2D eigenvalue weighted by atomic mass is 9.80. The Bertz CT molecular complexity index is 415. The summed E-state index contributed by atoms with van der Waals surface area (Å²) in [4.78, 5) is 31.1. The lowest BCUT2D eigenvalue weighted by molar-refractivity contribution is -0.150. The molecule has 0 aromatic heterocycles. The molecule has 3 atom stereocenters. The van der Waals surface area contributed by atoms with Gasteiger partial charge in [-0.05, 0) is 12.8 Å². The molecule has 0 bridgehead atoms. The van der Waals surface area contributed by atoms with Crippen LogP contribution in [0.5, 0.6) is 0 Å². The minimum atomic E-state index is -5.03. The largest absolute Gasteiger partial charge is 0.470 e. The van der Waals surface area contributed by atoms with Gasteiger partial charge in [0, 0.05) is 6.04 Å². The van der Waals surface area contributed by atoms with Crippen molar-refractivity contribution in [3.63, 3.8) is 0 Å². The number of hydrogen-bond acceptors (Lipinski definition) is 6. The molecular formula is C15H32NO7P. The van der Waals surface area contributed by atoms with E-state index in [9.17, 15) is 24.3 Å². The monoisotopic (exact) mass is 369 g/mol. The summed E-state index contributed by atoms with van der Waals surface area (Å²) in [5, 5.41) is 18.8. The van der Waals surface area contributed by atoms with E-state index in [1.807, 2.05) is 13.8 Å². The van der Waals surface area contributed by atoms with Crippen LogP contribution in [0.4, 0.5) is 0 Å². The Hall–Kier alpha value is -0.340. The van der Waals surface area contributed by atoms with Crippen molar-refractivity contribution in [3.8, 4) is 0 Å². The van der Waals surface area contributed by atoms with Crippen LogP contribution in [-0.4, -0.2) is 50.1 Å². The second-order valence-corrected chi connectivity index (χ2v) is 7.26. The van der Waals surface area contributed by atoms with Crippen LogP contribution in [0.2, 0.25) is 0 Å². The standard InChI is InChI=1S/C15H32NO7P/c1-3-5-7-9-13(16)15(10-8-6-4-2,23-24(20,21)22)14(19)12(18)11-17/h12-13,17-18H,3-11,16H2,1-2H3,(H2,20,21,22). The summed E-state index contributed by atoms with van der Waals surface area (Å²) in [6.45, 7) is 3.07. The summed E-state index contributed by atoms with van der Waals surface area (Å²) < 4.78 is 16.3. The second-order valence-electron chi connectivity index (χ2n) is 6.09. The molecule has 0 aliphatic heterocycles. The average molecular weight is 369 g/mol. The van der Waals surface area contributed by atoms with Gasteiger partial charge in [0.15, 0.2) is 11.4 Å². The average Bonchev–Trinajstić information content (AvgIpc) is 2.51. The van der Waals surface area contributed by atoms with E-state index in [0.717, 1.165) is 25.7 Å². The van der Waals surface area contributed by atoms with E-state index < -0.39 is 38.0 Å². The van der Waals surface area contributed by atoms with E-state index in [-0.39, 0.29) is 6.42 Å². The van der Waals surface area contributed by atoms with Crippen LogP contribution < -0.4 is 5.73 Å². The summed E-state index contributed by atoms with van der Waals surface area (Å²) >= 11 is 0. The van der Waals surface area contributed by atoms with E-state index in [1.54, 1.807) is 0 Å². The van der Waals surface area contributed by atoms with Crippen LogP contribution in [0.1, 0.15) is 65.2 Å². The maximum absolute atomic E-state index is 12.6. The second kappa shape index (κ2) is 11.3. The Morgan fingerprint density at radius 1 is 1.17 bits per heavy atom. The van der Waals surface area contributed by atoms with E-state index in [1.165, 1.54) is 0 Å². The van der Waals surface area contributed by atoms with Crippen LogP contribution in [0.3, 0.4) is 0 Å². The van der Waals surface area contributed by atoms with Crippen molar-refractivity contribution in [1.82, 2.24) is 0 Å². The van der Waals surface area contributed by atoms with Crippen LogP contribution in [0.15, 0.2) is 0 Å². The molecule has 9 heteroatoms. The summed E-state index contributed by atoms with van der Waals surface area (Å²) in [5.74, 6) is -0.978. The quantitative estimate of drug-likeness (QED) is 0.227. The Morgan fingerprint density at radius 2 is 1.71 bits per heavy atom. The first-order chi connectivity index (χ1) is 11.1. The number of ketones is 1. The molecule has 0 amide bonds. The maximum Gasteiger partial charge on any atom is 0.470 e. The third kappa shape index (κ3) is 7.70. The normalized spacial score (nSPS) is 17.3. The van der Waals surface area contributed by atoms with Gasteiger partial charge in [-0.3, -0.25) is 9.32 Å². The number of unbranched alkanes of at least 4 members (excludes halogenated alkanes) is 4. The van der Waals surface area contributed by atoms with Crippen LogP contribution in [0, 0.1) is 0 Å². The Kier molecular flexibility index (Phi) is 11.1. The van der Waals surface area contributed by atoms with E-state index >= 15 is 0 Å². The molecule has 3 unspecified atom stereocenters. The van der Waals surface area contributed by atoms with Crippen molar-refractivity contribution < 1.29 is 33.9 Å². The molecule has 0 radical (unpaired) electrons. The molecule has 0 saturated heterocycles. The van der Waals surface area contributed by atoms with Crippen LogP contribution in [-0.2, 0) is 13.9 Å². The highest BCUT2D eigenvalue weighted by molar-refractivity contribution is 7.46. The van der Waals surface area contributed by atoms with Crippen molar-refractivity contribution in [2.45, 2.75) is 83.0 Å². The Morgan fingerprint density at radius 3 is 2.17 bits per heavy atom. The molecule has 0 rings (SSSR count). The minimum absolute atomic E-state index is 0.0187. The van der Waals surface area contributed by atoms with Crippen molar-refractivity contribution in [3.05, 3.63) is 0 Å². The van der Waals surface area contributed by atoms with Gasteiger partial charge < -0.3 is 25.7 Å². The topological polar surface area (TPSA) is 150 Å². The first-order valence-corrected chi connectivity index (χ1v) is 10.0. The molecule has 0 aromatic carbocycles. The number of aliphatic hydroxyl groups is 2. The zero-order valence-corrected chi connectivity index (χ0v) is 15.5. The molecular weight excluding hydrogens is 337 g/mol. The summed E-state index contributed by atoms with van der Waals surface area (Å²) in [5.41, 5.74) is 4.08. The van der Waals surface area contributed by atoms with Crippen molar-refractivity contribution in [2.75, 3.05) is 6.61 Å². The predicted octanol–water partition coefficient (Wildman–Crippen LogP) is 1.24. The van der Waals surface area contributed by atoms with Gasteiger partial charge in [0.2, 0.25) is 0 Å². The third-order valence-corrected chi connectivity index (χ3v) is 4.61. The Balaban J connectivity index is 5.62. The SMILES string of the molecule is CCCCCC(N)C(CCCCC)(OP(=O)(O)O)C(=O)C(O)CO. The lowest BCUT2D eigenvalue weighted by Gasteiger charge is -2.38. The van der Waals surface area contributed by atoms with Gasteiger partial charge in [-0.25, -0.2) is 4.57 Å². The molecule has 0 heterocycles. The van der Waals surface area contributed by atoms with E-state index in [2.05, 4.69) is 0 Å². The molecule has 0 fully saturated rings. The molecule has 0 aliphatic rings. The summed E-state index contributed by atoms with van der Waals surface area (Å²) in [6.07, 6.45) is 2.95. The van der Waals surface area contributed by atoms with Crippen molar-refractivity contribution in [1.29, 1.82) is 0 Å². The molecule has 6 N–H and O–H groups in total. The van der Waals surface area contributed by atoms with Gasteiger partial charge >= 0.3 is 7.82 Å². The van der Waals surface area contributed by atoms with Gasteiger partial charge in [0.1, 0.15) is 6.10 Å². The maximum atomic E-state index is 12.6. The third-order valence-electron chi connectivity index (χ3n) is 4.04. The summed E-state index contributed by atoms with van der Waals surface area (Å²) in [7, 11) is -5.03. The fourth-order valence-corrected chi connectivity index (χ4v) is 3.45. The zero-order valence-electron chi connectivity index (χ0n) is 14.6. The zero-order chi connectivity index (χ0) is 18.8. The number of aliphatic hydroxyl groups excluding tert-OH is 2. The van der Waals surface area contributed by atoms with Gasteiger partial charge in [-0.1, -0.05) is 52.4 Å². The highest BCUT2D eigenvalue weighted by Gasteiger charge is 2.50.